The number of benzene rings is 2. The van der Waals surface area contributed by atoms with E-state index in [-0.39, 0.29) is 23.7 Å². The lowest BCUT2D eigenvalue weighted by atomic mass is 10.1. The molecule has 2 aromatic carbocycles. The van der Waals surface area contributed by atoms with Crippen LogP contribution in [0.1, 0.15) is 22.8 Å². The predicted molar refractivity (Wildman–Crippen MR) is 103 cm³/mol. The number of rotatable bonds is 6. The zero-order valence-electron chi connectivity index (χ0n) is 14.8. The van der Waals surface area contributed by atoms with E-state index in [2.05, 4.69) is 10.3 Å². The van der Waals surface area contributed by atoms with Crippen LogP contribution in [0.5, 0.6) is 5.75 Å². The van der Waals surface area contributed by atoms with E-state index in [1.165, 1.54) is 30.4 Å². The molecule has 1 heterocycles. The van der Waals surface area contributed by atoms with Crippen molar-refractivity contribution in [2.24, 2.45) is 0 Å². The third-order valence-electron chi connectivity index (χ3n) is 3.79. The molecule has 0 saturated carbocycles. The number of halogens is 1. The number of hydrogen-bond donors (Lipinski definition) is 1. The van der Waals surface area contributed by atoms with Gasteiger partial charge in [0.25, 0.3) is 5.91 Å². The third kappa shape index (κ3) is 4.77. The molecule has 0 aliphatic rings. The third-order valence-corrected chi connectivity index (χ3v) is 4.55. The molecule has 0 aliphatic heterocycles. The molecule has 27 heavy (non-hydrogen) atoms. The number of thiazole rings is 1. The van der Waals surface area contributed by atoms with Gasteiger partial charge in [-0.05, 0) is 26.0 Å². The highest BCUT2D eigenvalue weighted by atomic mass is 32.1. The molecule has 3 aromatic rings. The molecule has 138 valence electrons. The lowest BCUT2D eigenvalue weighted by molar-refractivity contribution is -0.118. The van der Waals surface area contributed by atoms with E-state index in [1.807, 2.05) is 36.6 Å². The van der Waals surface area contributed by atoms with Gasteiger partial charge < -0.3 is 4.74 Å². The second-order valence-corrected chi connectivity index (χ2v) is 6.80. The van der Waals surface area contributed by atoms with Crippen molar-refractivity contribution in [2.45, 2.75) is 13.8 Å². The maximum absolute atomic E-state index is 13.8. The van der Waals surface area contributed by atoms with Gasteiger partial charge in [0.2, 0.25) is 0 Å². The summed E-state index contributed by atoms with van der Waals surface area (Å²) in [6.45, 7) is 3.00. The van der Waals surface area contributed by atoms with E-state index in [9.17, 15) is 14.0 Å². The quantitative estimate of drug-likeness (QED) is 0.637. The minimum atomic E-state index is -0.678. The van der Waals surface area contributed by atoms with Crippen LogP contribution in [0.4, 0.5) is 9.52 Å². The lowest BCUT2D eigenvalue weighted by Gasteiger charge is -2.07. The summed E-state index contributed by atoms with van der Waals surface area (Å²) in [5, 5.41) is 4.97. The number of ether oxygens (including phenoxy) is 1. The van der Waals surface area contributed by atoms with Gasteiger partial charge in [0.15, 0.2) is 17.5 Å². The minimum absolute atomic E-state index is 0.0155. The summed E-state index contributed by atoms with van der Waals surface area (Å²) < 4.78 is 19.0. The van der Waals surface area contributed by atoms with Crippen LogP contribution >= 0.6 is 11.3 Å². The molecular weight excluding hydrogens is 367 g/mol. The van der Waals surface area contributed by atoms with Crippen LogP contribution in [0.2, 0.25) is 0 Å². The molecule has 5 nitrogen and oxygen atoms in total. The van der Waals surface area contributed by atoms with Gasteiger partial charge in [0.1, 0.15) is 11.6 Å². The van der Waals surface area contributed by atoms with Crippen molar-refractivity contribution in [1.29, 1.82) is 0 Å². The highest BCUT2D eigenvalue weighted by molar-refractivity contribution is 7.14. The van der Waals surface area contributed by atoms with Crippen molar-refractivity contribution in [2.75, 3.05) is 11.9 Å². The fourth-order valence-electron chi connectivity index (χ4n) is 2.36. The van der Waals surface area contributed by atoms with E-state index < -0.39 is 11.7 Å². The van der Waals surface area contributed by atoms with Crippen LogP contribution < -0.4 is 10.1 Å². The summed E-state index contributed by atoms with van der Waals surface area (Å²) in [5.74, 6) is -1.28. The van der Waals surface area contributed by atoms with Gasteiger partial charge in [0.05, 0.1) is 11.3 Å². The first-order valence-electron chi connectivity index (χ1n) is 8.18. The maximum Gasteiger partial charge on any atom is 0.264 e. The number of anilines is 1. The van der Waals surface area contributed by atoms with Crippen LogP contribution in [-0.2, 0) is 4.79 Å². The highest BCUT2D eigenvalue weighted by Gasteiger charge is 2.11. The Morgan fingerprint density at radius 3 is 2.59 bits per heavy atom. The average Bonchev–Trinajstić information content (AvgIpc) is 3.08. The molecule has 3 rings (SSSR count). The fraction of sp³-hybridized carbons (Fsp3) is 0.150. The Hall–Kier alpha value is -3.06. The maximum atomic E-state index is 13.8. The number of carbonyl (C=O) groups is 2. The number of nitrogens with one attached hydrogen (secondary N) is 1. The van der Waals surface area contributed by atoms with Crippen LogP contribution in [0.15, 0.2) is 47.8 Å². The Morgan fingerprint density at radius 1 is 1.19 bits per heavy atom. The SMILES string of the molecule is CC(=O)c1ccc(OCC(=O)Nc2nc(-c3ccc(C)cc3)cs2)cc1F. The summed E-state index contributed by atoms with van der Waals surface area (Å²) >= 11 is 1.31. The smallest absolute Gasteiger partial charge is 0.264 e. The Morgan fingerprint density at radius 2 is 1.93 bits per heavy atom. The summed E-state index contributed by atoms with van der Waals surface area (Å²) in [6.07, 6.45) is 0. The Balaban J connectivity index is 1.58. The molecule has 1 amide bonds. The number of nitrogens with zero attached hydrogens (tertiary/aromatic N) is 1. The van der Waals surface area contributed by atoms with Crippen LogP contribution in [0.25, 0.3) is 11.3 Å². The number of hydrogen-bond acceptors (Lipinski definition) is 5. The number of carbonyl (C=O) groups excluding carboxylic acids is 2. The molecule has 0 unspecified atom stereocenters. The average molecular weight is 384 g/mol. The molecule has 1 aromatic heterocycles. The van der Waals surface area contributed by atoms with E-state index in [4.69, 9.17) is 4.74 Å². The van der Waals surface area contributed by atoms with E-state index in [1.54, 1.807) is 0 Å². The van der Waals surface area contributed by atoms with Gasteiger partial charge in [0, 0.05) is 17.0 Å². The van der Waals surface area contributed by atoms with Gasteiger partial charge in [-0.25, -0.2) is 9.37 Å². The molecule has 0 aliphatic carbocycles. The molecule has 0 saturated heterocycles. The van der Waals surface area contributed by atoms with Crippen molar-refractivity contribution >= 4 is 28.2 Å². The van der Waals surface area contributed by atoms with Crippen LogP contribution in [-0.4, -0.2) is 23.3 Å². The normalized spacial score (nSPS) is 10.5. The standard InChI is InChI=1S/C20H17FN2O3S/c1-12-3-5-14(6-4-12)18-11-27-20(22-18)23-19(25)10-26-15-7-8-16(13(2)24)17(21)9-15/h3-9,11H,10H2,1-2H3,(H,22,23,25). The number of ketones is 1. The van der Waals surface area contributed by atoms with Gasteiger partial charge in [-0.15, -0.1) is 11.3 Å². The Bertz CT molecular complexity index is 983. The van der Waals surface area contributed by atoms with Crippen molar-refractivity contribution < 1.29 is 18.7 Å². The summed E-state index contributed by atoms with van der Waals surface area (Å²) in [7, 11) is 0. The largest absolute Gasteiger partial charge is 0.484 e. The number of aromatic nitrogens is 1. The summed E-state index contributed by atoms with van der Waals surface area (Å²) in [5.41, 5.74) is 2.89. The summed E-state index contributed by atoms with van der Waals surface area (Å²) in [6, 6.07) is 11.8. The van der Waals surface area contributed by atoms with Crippen LogP contribution in [0, 0.1) is 12.7 Å². The van der Waals surface area contributed by atoms with Crippen molar-refractivity contribution in [3.8, 4) is 17.0 Å². The molecule has 1 N–H and O–H groups in total. The van der Waals surface area contributed by atoms with Gasteiger partial charge in [-0.1, -0.05) is 29.8 Å². The molecule has 0 radical (unpaired) electrons. The second kappa shape index (κ2) is 8.09. The zero-order valence-corrected chi connectivity index (χ0v) is 15.6. The van der Waals surface area contributed by atoms with Crippen molar-refractivity contribution in [3.05, 3.63) is 64.8 Å². The number of Topliss-reactive ketones (excluding diaryl/α,β-unsaturated/α-hetero) is 1. The van der Waals surface area contributed by atoms with Gasteiger partial charge in [-0.3, -0.25) is 14.9 Å². The highest BCUT2D eigenvalue weighted by Crippen LogP contribution is 2.25. The zero-order chi connectivity index (χ0) is 19.4. The van der Waals surface area contributed by atoms with E-state index in [0.717, 1.165) is 22.9 Å². The topological polar surface area (TPSA) is 68.3 Å². The first kappa shape index (κ1) is 18.7. The molecule has 7 heteroatoms. The first-order valence-corrected chi connectivity index (χ1v) is 9.06. The van der Waals surface area contributed by atoms with E-state index >= 15 is 0 Å². The van der Waals surface area contributed by atoms with Gasteiger partial charge in [-0.2, -0.15) is 0 Å². The Labute approximate surface area is 159 Å². The molecule has 0 atom stereocenters. The monoisotopic (exact) mass is 384 g/mol. The van der Waals surface area contributed by atoms with Crippen molar-refractivity contribution in [3.63, 3.8) is 0 Å². The second-order valence-electron chi connectivity index (χ2n) is 5.94. The molecule has 0 fully saturated rings. The van der Waals surface area contributed by atoms with Crippen LogP contribution in [0.3, 0.4) is 0 Å². The number of aryl methyl sites for hydroxylation is 1. The summed E-state index contributed by atoms with van der Waals surface area (Å²) in [4.78, 5) is 27.6. The minimum Gasteiger partial charge on any atom is -0.484 e. The predicted octanol–water partition coefficient (Wildman–Crippen LogP) is 4.48. The van der Waals surface area contributed by atoms with Gasteiger partial charge >= 0.3 is 0 Å². The Kier molecular flexibility index (Phi) is 5.61. The van der Waals surface area contributed by atoms with Crippen molar-refractivity contribution in [1.82, 2.24) is 4.98 Å². The molecule has 0 bridgehead atoms. The van der Waals surface area contributed by atoms with E-state index in [0.29, 0.717) is 5.13 Å². The fourth-order valence-corrected chi connectivity index (χ4v) is 3.10. The number of amides is 1. The lowest BCUT2D eigenvalue weighted by Crippen LogP contribution is -2.20. The molecular formula is C20H17FN2O3S. The first-order chi connectivity index (χ1) is 12.9. The molecule has 0 spiro atoms.